The van der Waals surface area contributed by atoms with Crippen LogP contribution in [0, 0.1) is 5.41 Å². The molecule has 0 fully saturated rings. The van der Waals surface area contributed by atoms with Crippen LogP contribution in [0.25, 0.3) is 0 Å². The first kappa shape index (κ1) is 14.0. The van der Waals surface area contributed by atoms with Crippen molar-refractivity contribution < 1.29 is 0 Å². The van der Waals surface area contributed by atoms with Gasteiger partial charge in [0.05, 0.1) is 0 Å². The third-order valence-electron chi connectivity index (χ3n) is 3.35. The van der Waals surface area contributed by atoms with Crippen molar-refractivity contribution in [2.75, 3.05) is 0 Å². The van der Waals surface area contributed by atoms with E-state index in [0.29, 0.717) is 0 Å². The monoisotopic (exact) mass is 230 g/mol. The van der Waals surface area contributed by atoms with Crippen LogP contribution in [0.3, 0.4) is 0 Å². The highest BCUT2D eigenvalue weighted by Crippen LogP contribution is 2.32. The second kappa shape index (κ2) is 5.53. The van der Waals surface area contributed by atoms with E-state index in [1.54, 1.807) is 0 Å². The molecule has 0 aromatic heterocycles. The Kier molecular flexibility index (Phi) is 4.56. The molecule has 0 aromatic rings. The Hall–Kier alpha value is -1.04. The van der Waals surface area contributed by atoms with Gasteiger partial charge in [0.25, 0.3) is 0 Å². The summed E-state index contributed by atoms with van der Waals surface area (Å²) in [5.41, 5.74) is 5.99. The molecular formula is C17H26. The summed E-state index contributed by atoms with van der Waals surface area (Å²) in [6, 6.07) is 0. The molecule has 0 spiro atoms. The predicted molar refractivity (Wildman–Crippen MR) is 78.0 cm³/mol. The van der Waals surface area contributed by atoms with Gasteiger partial charge in [0, 0.05) is 0 Å². The Balaban J connectivity index is 2.69. The third kappa shape index (κ3) is 4.38. The van der Waals surface area contributed by atoms with E-state index in [1.165, 1.54) is 22.3 Å². The number of hydrogen-bond acceptors (Lipinski definition) is 0. The van der Waals surface area contributed by atoms with Gasteiger partial charge < -0.3 is 0 Å². The van der Waals surface area contributed by atoms with Crippen molar-refractivity contribution >= 4 is 0 Å². The summed E-state index contributed by atoms with van der Waals surface area (Å²) in [6.45, 7) is 15.1. The first-order valence-corrected chi connectivity index (χ1v) is 6.52. The smallest absolute Gasteiger partial charge is 0.00920 e. The van der Waals surface area contributed by atoms with Crippen LogP contribution >= 0.6 is 0 Å². The summed E-state index contributed by atoms with van der Waals surface area (Å²) < 4.78 is 0. The molecule has 0 amide bonds. The van der Waals surface area contributed by atoms with E-state index in [4.69, 9.17) is 0 Å². The fraction of sp³-hybridized carbons (Fsp3) is 0.529. The highest BCUT2D eigenvalue weighted by molar-refractivity contribution is 5.40. The summed E-state index contributed by atoms with van der Waals surface area (Å²) in [4.78, 5) is 0. The Morgan fingerprint density at radius 2 is 1.82 bits per heavy atom. The zero-order chi connectivity index (χ0) is 13.1. The molecule has 17 heavy (non-hydrogen) atoms. The van der Waals surface area contributed by atoms with Crippen molar-refractivity contribution in [3.63, 3.8) is 0 Å². The maximum absolute atomic E-state index is 3.96. The molecule has 1 rings (SSSR count). The lowest BCUT2D eigenvalue weighted by molar-refractivity contribution is 0.514. The molecule has 1 aliphatic carbocycles. The van der Waals surface area contributed by atoms with Crippen LogP contribution in [0.2, 0.25) is 0 Å². The van der Waals surface area contributed by atoms with Gasteiger partial charge in [-0.2, -0.15) is 0 Å². The van der Waals surface area contributed by atoms with Crippen molar-refractivity contribution in [2.24, 2.45) is 5.41 Å². The summed E-state index contributed by atoms with van der Waals surface area (Å²) >= 11 is 0. The molecule has 0 saturated heterocycles. The van der Waals surface area contributed by atoms with E-state index in [1.807, 2.05) is 0 Å². The zero-order valence-electron chi connectivity index (χ0n) is 12.1. The van der Waals surface area contributed by atoms with Gasteiger partial charge in [-0.1, -0.05) is 50.1 Å². The van der Waals surface area contributed by atoms with E-state index in [2.05, 4.69) is 59.4 Å². The lowest BCUT2D eigenvalue weighted by Gasteiger charge is -2.23. The van der Waals surface area contributed by atoms with Gasteiger partial charge in [0.1, 0.15) is 0 Å². The highest BCUT2D eigenvalue weighted by Gasteiger charge is 2.16. The maximum Gasteiger partial charge on any atom is -0.00920 e. The minimum absolute atomic E-state index is 0.271. The van der Waals surface area contributed by atoms with E-state index in [0.717, 1.165) is 19.3 Å². The first-order valence-electron chi connectivity index (χ1n) is 6.52. The van der Waals surface area contributed by atoms with Gasteiger partial charge in [-0.15, -0.1) is 6.58 Å². The number of hydrogen-bond donors (Lipinski definition) is 0. The van der Waals surface area contributed by atoms with Crippen LogP contribution in [0.5, 0.6) is 0 Å². The average molecular weight is 230 g/mol. The van der Waals surface area contributed by atoms with Crippen LogP contribution in [0.1, 0.15) is 53.9 Å². The summed E-state index contributed by atoms with van der Waals surface area (Å²) in [5.74, 6) is 0. The zero-order valence-corrected chi connectivity index (χ0v) is 12.1. The van der Waals surface area contributed by atoms with Gasteiger partial charge in [-0.25, -0.2) is 0 Å². The molecular weight excluding hydrogens is 204 g/mol. The second-order valence-corrected chi connectivity index (χ2v) is 6.21. The van der Waals surface area contributed by atoms with E-state index >= 15 is 0 Å². The molecule has 0 heteroatoms. The molecule has 0 bridgehead atoms. The fourth-order valence-corrected chi connectivity index (χ4v) is 1.98. The van der Waals surface area contributed by atoms with Crippen LogP contribution in [-0.4, -0.2) is 0 Å². The van der Waals surface area contributed by atoms with Crippen molar-refractivity contribution in [1.82, 2.24) is 0 Å². The molecule has 0 saturated carbocycles. The Morgan fingerprint density at radius 1 is 1.18 bits per heavy atom. The van der Waals surface area contributed by atoms with Crippen molar-refractivity contribution in [3.8, 4) is 0 Å². The van der Waals surface area contributed by atoms with Crippen LogP contribution in [0.15, 0.2) is 47.1 Å². The second-order valence-electron chi connectivity index (χ2n) is 6.21. The molecule has 0 aromatic carbocycles. The van der Waals surface area contributed by atoms with Crippen LogP contribution in [-0.2, 0) is 0 Å². The normalized spacial score (nSPS) is 19.0. The fourth-order valence-electron chi connectivity index (χ4n) is 1.98. The van der Waals surface area contributed by atoms with Crippen molar-refractivity contribution in [2.45, 2.75) is 53.9 Å². The minimum atomic E-state index is 0.271. The van der Waals surface area contributed by atoms with Crippen molar-refractivity contribution in [1.29, 1.82) is 0 Å². The van der Waals surface area contributed by atoms with E-state index < -0.39 is 0 Å². The number of rotatable bonds is 3. The average Bonchev–Trinajstić information content (AvgIpc) is 2.25. The predicted octanol–water partition coefficient (Wildman–Crippen LogP) is 5.59. The van der Waals surface area contributed by atoms with Gasteiger partial charge in [0.15, 0.2) is 0 Å². The molecule has 0 unspecified atom stereocenters. The molecule has 0 radical (unpaired) electrons. The van der Waals surface area contributed by atoms with Crippen LogP contribution < -0.4 is 0 Å². The van der Waals surface area contributed by atoms with Crippen molar-refractivity contribution in [3.05, 3.63) is 47.1 Å². The Labute approximate surface area is 107 Å². The SMILES string of the molecule is C=C(C)CC/C(C)=C1/C=CC(C(C)(C)C)=CC1. The molecule has 1 aliphatic rings. The van der Waals surface area contributed by atoms with Gasteiger partial charge >= 0.3 is 0 Å². The quantitative estimate of drug-likeness (QED) is 0.554. The van der Waals surface area contributed by atoms with E-state index in [-0.39, 0.29) is 5.41 Å². The Bertz CT molecular complexity index is 381. The molecule has 94 valence electrons. The van der Waals surface area contributed by atoms with E-state index in [9.17, 15) is 0 Å². The number of allylic oxidation sites excluding steroid dienone is 7. The maximum atomic E-state index is 3.96. The van der Waals surface area contributed by atoms with Crippen LogP contribution in [0.4, 0.5) is 0 Å². The van der Waals surface area contributed by atoms with Gasteiger partial charge in [-0.05, 0) is 49.7 Å². The lowest BCUT2D eigenvalue weighted by Crippen LogP contribution is -2.09. The molecule has 0 N–H and O–H groups in total. The molecule has 0 aliphatic heterocycles. The summed E-state index contributed by atoms with van der Waals surface area (Å²) in [5, 5.41) is 0. The van der Waals surface area contributed by atoms with Gasteiger partial charge in [-0.3, -0.25) is 0 Å². The standard InChI is InChI=1S/C17H26/c1-13(2)7-8-14(3)15-9-11-16(12-10-15)17(4,5)6/h9,11-12H,1,7-8,10H2,2-6H3/b15-14-. The lowest BCUT2D eigenvalue weighted by atomic mass is 9.82. The molecule has 0 atom stereocenters. The molecule has 0 nitrogen and oxygen atoms in total. The third-order valence-corrected chi connectivity index (χ3v) is 3.35. The Morgan fingerprint density at radius 3 is 2.24 bits per heavy atom. The van der Waals surface area contributed by atoms with Gasteiger partial charge in [0.2, 0.25) is 0 Å². The summed E-state index contributed by atoms with van der Waals surface area (Å²) in [7, 11) is 0. The molecule has 0 heterocycles. The largest absolute Gasteiger partial charge is 0.100 e. The summed E-state index contributed by atoms with van der Waals surface area (Å²) in [6.07, 6.45) is 10.3. The minimum Gasteiger partial charge on any atom is -0.100 e. The topological polar surface area (TPSA) is 0 Å². The highest BCUT2D eigenvalue weighted by atomic mass is 14.2. The first-order chi connectivity index (χ1) is 7.80.